The van der Waals surface area contributed by atoms with Gasteiger partial charge in [0.1, 0.15) is 5.69 Å². The van der Waals surface area contributed by atoms with E-state index in [2.05, 4.69) is 5.32 Å². The molecule has 0 aliphatic rings. The van der Waals surface area contributed by atoms with Gasteiger partial charge in [0.25, 0.3) is 5.69 Å². The fraction of sp³-hybridized carbons (Fsp3) is 0.235. The molecule has 3 N–H and O–H groups in total. The van der Waals surface area contributed by atoms with E-state index in [0.29, 0.717) is 30.2 Å². The second-order valence-electron chi connectivity index (χ2n) is 5.22. The van der Waals surface area contributed by atoms with Gasteiger partial charge in [-0.3, -0.25) is 14.9 Å². The molecular formula is C17H19N3O5. The average molecular weight is 345 g/mol. The summed E-state index contributed by atoms with van der Waals surface area (Å²) >= 11 is 0. The zero-order valence-corrected chi connectivity index (χ0v) is 13.9. The van der Waals surface area contributed by atoms with Crippen molar-refractivity contribution in [3.8, 4) is 11.5 Å². The lowest BCUT2D eigenvalue weighted by Gasteiger charge is -2.11. The van der Waals surface area contributed by atoms with Crippen LogP contribution < -0.4 is 20.5 Å². The number of methoxy groups -OCH3 is 2. The number of ether oxygens (including phenoxy) is 2. The first-order valence-electron chi connectivity index (χ1n) is 7.49. The molecule has 0 unspecified atom stereocenters. The van der Waals surface area contributed by atoms with E-state index in [1.54, 1.807) is 20.3 Å². The third-order valence-corrected chi connectivity index (χ3v) is 3.66. The molecule has 2 rings (SSSR count). The summed E-state index contributed by atoms with van der Waals surface area (Å²) in [5.74, 6) is 0.550. The van der Waals surface area contributed by atoms with Gasteiger partial charge in [-0.05, 0) is 36.2 Å². The number of rotatable bonds is 8. The van der Waals surface area contributed by atoms with Crippen LogP contribution in [0.1, 0.15) is 15.9 Å². The first-order chi connectivity index (χ1) is 12.0. The maximum absolute atomic E-state index is 11.2. The van der Waals surface area contributed by atoms with Crippen molar-refractivity contribution in [3.63, 3.8) is 0 Å². The van der Waals surface area contributed by atoms with Gasteiger partial charge in [-0.15, -0.1) is 0 Å². The third kappa shape index (κ3) is 4.37. The van der Waals surface area contributed by atoms with Gasteiger partial charge in [-0.25, -0.2) is 0 Å². The lowest BCUT2D eigenvalue weighted by molar-refractivity contribution is -0.384. The predicted molar refractivity (Wildman–Crippen MR) is 93.4 cm³/mol. The molecule has 0 bridgehead atoms. The smallest absolute Gasteiger partial charge is 0.293 e. The van der Waals surface area contributed by atoms with E-state index < -0.39 is 10.8 Å². The third-order valence-electron chi connectivity index (χ3n) is 3.66. The number of carbonyl (C=O) groups excluding carboxylic acids is 1. The molecule has 0 aliphatic heterocycles. The quantitative estimate of drug-likeness (QED) is 0.560. The number of amides is 1. The SMILES string of the molecule is COc1ccc(CCNc2ccc(C(N)=O)cc2[N+](=O)[O-])cc1OC. The van der Waals surface area contributed by atoms with E-state index in [1.165, 1.54) is 18.2 Å². The Balaban J connectivity index is 2.09. The van der Waals surface area contributed by atoms with Crippen molar-refractivity contribution in [2.24, 2.45) is 5.73 Å². The zero-order valence-electron chi connectivity index (χ0n) is 13.9. The molecule has 2 aromatic carbocycles. The van der Waals surface area contributed by atoms with Crippen LogP contribution in [0.2, 0.25) is 0 Å². The first-order valence-corrected chi connectivity index (χ1v) is 7.49. The zero-order chi connectivity index (χ0) is 18.4. The summed E-state index contributed by atoms with van der Waals surface area (Å²) in [6.45, 7) is 0.465. The molecule has 0 aliphatic carbocycles. The number of hydrogen-bond donors (Lipinski definition) is 2. The second kappa shape index (κ2) is 8.00. The molecule has 132 valence electrons. The first kappa shape index (κ1) is 18.1. The summed E-state index contributed by atoms with van der Waals surface area (Å²) in [5.41, 5.74) is 6.38. The van der Waals surface area contributed by atoms with Crippen LogP contribution in [0.15, 0.2) is 36.4 Å². The minimum atomic E-state index is -0.708. The molecule has 8 nitrogen and oxygen atoms in total. The largest absolute Gasteiger partial charge is 0.493 e. The van der Waals surface area contributed by atoms with Crippen LogP contribution in [0.3, 0.4) is 0 Å². The molecular weight excluding hydrogens is 326 g/mol. The van der Waals surface area contributed by atoms with Gasteiger partial charge in [-0.2, -0.15) is 0 Å². The number of nitro groups is 1. The highest BCUT2D eigenvalue weighted by Crippen LogP contribution is 2.28. The average Bonchev–Trinajstić information content (AvgIpc) is 2.61. The van der Waals surface area contributed by atoms with Gasteiger partial charge >= 0.3 is 0 Å². The Morgan fingerprint density at radius 1 is 1.16 bits per heavy atom. The van der Waals surface area contributed by atoms with Gasteiger partial charge in [0.2, 0.25) is 5.91 Å². The molecule has 0 atom stereocenters. The van der Waals surface area contributed by atoms with Gasteiger partial charge in [-0.1, -0.05) is 6.07 Å². The van der Waals surface area contributed by atoms with E-state index in [-0.39, 0.29) is 11.3 Å². The Morgan fingerprint density at radius 3 is 2.48 bits per heavy atom. The molecule has 2 aromatic rings. The minimum Gasteiger partial charge on any atom is -0.493 e. The summed E-state index contributed by atoms with van der Waals surface area (Å²) < 4.78 is 10.4. The highest BCUT2D eigenvalue weighted by molar-refractivity contribution is 5.94. The van der Waals surface area contributed by atoms with Crippen LogP contribution >= 0.6 is 0 Å². The van der Waals surface area contributed by atoms with E-state index >= 15 is 0 Å². The molecule has 0 aromatic heterocycles. The molecule has 0 saturated carbocycles. The Kier molecular flexibility index (Phi) is 5.78. The van der Waals surface area contributed by atoms with Crippen molar-refractivity contribution < 1.29 is 19.2 Å². The summed E-state index contributed by atoms with van der Waals surface area (Å²) in [6.07, 6.45) is 0.620. The van der Waals surface area contributed by atoms with Gasteiger partial charge in [0, 0.05) is 18.2 Å². The Labute approximate surface area is 144 Å². The van der Waals surface area contributed by atoms with Crippen molar-refractivity contribution >= 4 is 17.3 Å². The second-order valence-corrected chi connectivity index (χ2v) is 5.22. The van der Waals surface area contributed by atoms with E-state index in [0.717, 1.165) is 5.56 Å². The van der Waals surface area contributed by atoms with Crippen LogP contribution in [-0.4, -0.2) is 31.6 Å². The van der Waals surface area contributed by atoms with Crippen molar-refractivity contribution in [3.05, 3.63) is 57.6 Å². The summed E-state index contributed by atoms with van der Waals surface area (Å²) in [6, 6.07) is 9.65. The van der Waals surface area contributed by atoms with E-state index in [4.69, 9.17) is 15.2 Å². The van der Waals surface area contributed by atoms with Crippen LogP contribution in [0, 0.1) is 10.1 Å². The number of nitrogens with two attached hydrogens (primary N) is 1. The maximum atomic E-state index is 11.2. The summed E-state index contributed by atoms with van der Waals surface area (Å²) in [5, 5.41) is 14.2. The van der Waals surface area contributed by atoms with Crippen LogP contribution in [-0.2, 0) is 6.42 Å². The molecule has 0 radical (unpaired) electrons. The highest BCUT2D eigenvalue weighted by atomic mass is 16.6. The van der Waals surface area contributed by atoms with Crippen molar-refractivity contribution in [1.82, 2.24) is 0 Å². The number of carbonyl (C=O) groups is 1. The number of nitrogens with one attached hydrogen (secondary N) is 1. The Hall–Kier alpha value is -3.29. The van der Waals surface area contributed by atoms with Gasteiger partial charge < -0.3 is 20.5 Å². The molecule has 0 saturated heterocycles. The minimum absolute atomic E-state index is 0.0946. The number of hydrogen-bond acceptors (Lipinski definition) is 6. The van der Waals surface area contributed by atoms with Crippen LogP contribution in [0.25, 0.3) is 0 Å². The molecule has 1 amide bonds. The number of nitrogens with zero attached hydrogens (tertiary/aromatic N) is 1. The van der Waals surface area contributed by atoms with Crippen LogP contribution in [0.5, 0.6) is 11.5 Å². The molecule has 0 fully saturated rings. The monoisotopic (exact) mass is 345 g/mol. The van der Waals surface area contributed by atoms with Crippen LogP contribution in [0.4, 0.5) is 11.4 Å². The Bertz CT molecular complexity index is 792. The van der Waals surface area contributed by atoms with Gasteiger partial charge in [0.15, 0.2) is 11.5 Å². The fourth-order valence-electron chi connectivity index (χ4n) is 2.36. The van der Waals surface area contributed by atoms with Gasteiger partial charge in [0.05, 0.1) is 19.1 Å². The Morgan fingerprint density at radius 2 is 1.88 bits per heavy atom. The van der Waals surface area contributed by atoms with E-state index in [1.807, 2.05) is 12.1 Å². The van der Waals surface area contributed by atoms with E-state index in [9.17, 15) is 14.9 Å². The standard InChI is InChI=1S/C17H19N3O5/c1-24-15-6-3-11(9-16(15)25-2)7-8-19-13-5-4-12(17(18)21)10-14(13)20(22)23/h3-6,9-10,19H,7-8H2,1-2H3,(H2,18,21). The maximum Gasteiger partial charge on any atom is 0.293 e. The fourth-order valence-corrected chi connectivity index (χ4v) is 2.36. The molecule has 8 heteroatoms. The molecule has 0 spiro atoms. The molecule has 0 heterocycles. The van der Waals surface area contributed by atoms with Crippen molar-refractivity contribution in [2.75, 3.05) is 26.1 Å². The lowest BCUT2D eigenvalue weighted by Crippen LogP contribution is -2.12. The topological polar surface area (TPSA) is 117 Å². The van der Waals surface area contributed by atoms with Crippen molar-refractivity contribution in [2.45, 2.75) is 6.42 Å². The summed E-state index contributed by atoms with van der Waals surface area (Å²) in [7, 11) is 3.12. The number of primary amides is 1. The number of anilines is 1. The van der Waals surface area contributed by atoms with Crippen molar-refractivity contribution in [1.29, 1.82) is 0 Å². The lowest BCUT2D eigenvalue weighted by atomic mass is 10.1. The summed E-state index contributed by atoms with van der Waals surface area (Å²) in [4.78, 5) is 21.8. The highest BCUT2D eigenvalue weighted by Gasteiger charge is 2.16. The normalized spacial score (nSPS) is 10.2. The predicted octanol–water partition coefficient (Wildman–Crippen LogP) is 2.37. The molecule has 25 heavy (non-hydrogen) atoms. The number of nitro benzene ring substituents is 1. The number of benzene rings is 2.